The third kappa shape index (κ3) is 2.38. The summed E-state index contributed by atoms with van der Waals surface area (Å²) in [5.74, 6) is 0. The summed E-state index contributed by atoms with van der Waals surface area (Å²) in [5.41, 5.74) is 9.60. The molecular formula is C18H17N. The van der Waals surface area contributed by atoms with E-state index < -0.39 is 0 Å². The second-order valence-electron chi connectivity index (χ2n) is 4.76. The molecule has 0 radical (unpaired) electrons. The third-order valence-electron chi connectivity index (χ3n) is 3.47. The third-order valence-corrected chi connectivity index (χ3v) is 3.47. The first-order chi connectivity index (χ1) is 9.38. The normalized spacial score (nSPS) is 10.8. The molecule has 1 nitrogen and oxygen atoms in total. The molecule has 1 heteroatoms. The van der Waals surface area contributed by atoms with E-state index in [2.05, 4.69) is 60.7 Å². The SMILES string of the molecule is NCCc1cc(-c2ccccc2)cc2ccccc12. The fourth-order valence-corrected chi connectivity index (χ4v) is 2.55. The second-order valence-corrected chi connectivity index (χ2v) is 4.76. The molecule has 0 bridgehead atoms. The number of rotatable bonds is 3. The van der Waals surface area contributed by atoms with Gasteiger partial charge in [-0.05, 0) is 46.5 Å². The first-order valence-electron chi connectivity index (χ1n) is 6.65. The second kappa shape index (κ2) is 5.25. The average Bonchev–Trinajstić information content (AvgIpc) is 2.48. The van der Waals surface area contributed by atoms with Gasteiger partial charge in [0, 0.05) is 0 Å². The van der Waals surface area contributed by atoms with E-state index in [9.17, 15) is 0 Å². The minimum Gasteiger partial charge on any atom is -0.330 e. The van der Waals surface area contributed by atoms with E-state index in [1.54, 1.807) is 0 Å². The maximum absolute atomic E-state index is 5.74. The smallest absolute Gasteiger partial charge is 0.00365 e. The lowest BCUT2D eigenvalue weighted by atomic mass is 9.95. The van der Waals surface area contributed by atoms with Gasteiger partial charge in [-0.15, -0.1) is 0 Å². The highest BCUT2D eigenvalue weighted by molar-refractivity contribution is 5.90. The minimum atomic E-state index is 0.683. The van der Waals surface area contributed by atoms with E-state index in [1.807, 2.05) is 6.07 Å². The highest BCUT2D eigenvalue weighted by Crippen LogP contribution is 2.27. The van der Waals surface area contributed by atoms with Gasteiger partial charge in [0.05, 0.1) is 0 Å². The first kappa shape index (κ1) is 11.9. The maximum Gasteiger partial charge on any atom is -0.00365 e. The van der Waals surface area contributed by atoms with Gasteiger partial charge in [0.1, 0.15) is 0 Å². The van der Waals surface area contributed by atoms with Crippen molar-refractivity contribution in [2.75, 3.05) is 6.54 Å². The Hall–Kier alpha value is -2.12. The van der Waals surface area contributed by atoms with Gasteiger partial charge in [-0.1, -0.05) is 60.7 Å². The number of nitrogens with two attached hydrogens (primary N) is 1. The minimum absolute atomic E-state index is 0.683. The van der Waals surface area contributed by atoms with E-state index in [1.165, 1.54) is 27.5 Å². The topological polar surface area (TPSA) is 26.0 Å². The largest absolute Gasteiger partial charge is 0.330 e. The molecule has 0 unspecified atom stereocenters. The average molecular weight is 247 g/mol. The van der Waals surface area contributed by atoms with Crippen LogP contribution in [0.15, 0.2) is 66.7 Å². The van der Waals surface area contributed by atoms with Crippen molar-refractivity contribution in [1.29, 1.82) is 0 Å². The van der Waals surface area contributed by atoms with E-state index in [0.717, 1.165) is 6.42 Å². The molecule has 0 aliphatic rings. The molecule has 0 aromatic heterocycles. The predicted octanol–water partition coefficient (Wildman–Crippen LogP) is 4.01. The lowest BCUT2D eigenvalue weighted by Crippen LogP contribution is -2.03. The van der Waals surface area contributed by atoms with Gasteiger partial charge in [-0.3, -0.25) is 0 Å². The summed E-state index contributed by atoms with van der Waals surface area (Å²) >= 11 is 0. The van der Waals surface area contributed by atoms with Crippen LogP contribution in [0.3, 0.4) is 0 Å². The molecular weight excluding hydrogens is 230 g/mol. The quantitative estimate of drug-likeness (QED) is 0.743. The molecule has 0 fully saturated rings. The van der Waals surface area contributed by atoms with Gasteiger partial charge < -0.3 is 5.73 Å². The van der Waals surface area contributed by atoms with Crippen LogP contribution in [0, 0.1) is 0 Å². The molecule has 0 amide bonds. The summed E-state index contributed by atoms with van der Waals surface area (Å²) in [6.45, 7) is 0.683. The van der Waals surface area contributed by atoms with Crippen molar-refractivity contribution in [3.8, 4) is 11.1 Å². The Kier molecular flexibility index (Phi) is 3.30. The van der Waals surface area contributed by atoms with Crippen molar-refractivity contribution in [2.24, 2.45) is 5.73 Å². The Labute approximate surface area is 113 Å². The molecule has 3 aromatic rings. The maximum atomic E-state index is 5.74. The summed E-state index contributed by atoms with van der Waals surface area (Å²) < 4.78 is 0. The number of benzene rings is 3. The van der Waals surface area contributed by atoms with Gasteiger partial charge in [-0.2, -0.15) is 0 Å². The zero-order valence-corrected chi connectivity index (χ0v) is 10.8. The molecule has 0 saturated carbocycles. The molecule has 0 spiro atoms. The lowest BCUT2D eigenvalue weighted by Gasteiger charge is -2.10. The highest BCUT2D eigenvalue weighted by Gasteiger charge is 2.04. The number of fused-ring (bicyclic) bond motifs is 1. The summed E-state index contributed by atoms with van der Waals surface area (Å²) in [5, 5.41) is 2.60. The van der Waals surface area contributed by atoms with Crippen LogP contribution < -0.4 is 5.73 Å². The number of hydrogen-bond donors (Lipinski definition) is 1. The standard InChI is InChI=1S/C18H17N/c19-11-10-16-13-17(14-6-2-1-3-7-14)12-15-8-4-5-9-18(15)16/h1-9,12-13H,10-11,19H2. The molecule has 3 rings (SSSR count). The summed E-state index contributed by atoms with van der Waals surface area (Å²) in [6, 6.07) is 23.5. The molecule has 19 heavy (non-hydrogen) atoms. The fourth-order valence-electron chi connectivity index (χ4n) is 2.55. The number of hydrogen-bond acceptors (Lipinski definition) is 1. The molecule has 0 aliphatic heterocycles. The molecule has 0 saturated heterocycles. The van der Waals surface area contributed by atoms with Gasteiger partial charge in [-0.25, -0.2) is 0 Å². The Morgan fingerprint density at radius 3 is 2.26 bits per heavy atom. The van der Waals surface area contributed by atoms with E-state index in [4.69, 9.17) is 5.73 Å². The van der Waals surface area contributed by atoms with Crippen LogP contribution in [0.5, 0.6) is 0 Å². The Morgan fingerprint density at radius 1 is 0.737 bits per heavy atom. The Balaban J connectivity index is 2.22. The van der Waals surface area contributed by atoms with Crippen molar-refractivity contribution in [2.45, 2.75) is 6.42 Å². The fraction of sp³-hybridized carbons (Fsp3) is 0.111. The summed E-state index contributed by atoms with van der Waals surface area (Å²) in [4.78, 5) is 0. The van der Waals surface area contributed by atoms with Crippen molar-refractivity contribution < 1.29 is 0 Å². The Bertz CT molecular complexity index is 686. The monoisotopic (exact) mass is 247 g/mol. The molecule has 0 heterocycles. The van der Waals surface area contributed by atoms with E-state index in [-0.39, 0.29) is 0 Å². The van der Waals surface area contributed by atoms with Crippen LogP contribution in [0.2, 0.25) is 0 Å². The molecule has 0 aliphatic carbocycles. The van der Waals surface area contributed by atoms with Crippen molar-refractivity contribution in [1.82, 2.24) is 0 Å². The van der Waals surface area contributed by atoms with Crippen LogP contribution in [-0.4, -0.2) is 6.54 Å². The van der Waals surface area contributed by atoms with Crippen LogP contribution in [0.25, 0.3) is 21.9 Å². The van der Waals surface area contributed by atoms with Gasteiger partial charge in [0.25, 0.3) is 0 Å². The predicted molar refractivity (Wildman–Crippen MR) is 82.1 cm³/mol. The van der Waals surface area contributed by atoms with Gasteiger partial charge in [0.2, 0.25) is 0 Å². The van der Waals surface area contributed by atoms with Gasteiger partial charge in [0.15, 0.2) is 0 Å². The molecule has 3 aromatic carbocycles. The zero-order chi connectivity index (χ0) is 13.1. The van der Waals surface area contributed by atoms with Crippen LogP contribution >= 0.6 is 0 Å². The van der Waals surface area contributed by atoms with Gasteiger partial charge >= 0.3 is 0 Å². The van der Waals surface area contributed by atoms with Crippen molar-refractivity contribution in [3.63, 3.8) is 0 Å². The van der Waals surface area contributed by atoms with Crippen LogP contribution in [0.4, 0.5) is 0 Å². The van der Waals surface area contributed by atoms with Crippen LogP contribution in [0.1, 0.15) is 5.56 Å². The lowest BCUT2D eigenvalue weighted by molar-refractivity contribution is 0.978. The molecule has 94 valence electrons. The molecule has 0 atom stereocenters. The summed E-state index contributed by atoms with van der Waals surface area (Å²) in [7, 11) is 0. The van der Waals surface area contributed by atoms with Crippen molar-refractivity contribution >= 4 is 10.8 Å². The highest BCUT2D eigenvalue weighted by atomic mass is 14.5. The van der Waals surface area contributed by atoms with Crippen molar-refractivity contribution in [3.05, 3.63) is 72.3 Å². The first-order valence-corrected chi connectivity index (χ1v) is 6.65. The van der Waals surface area contributed by atoms with E-state index in [0.29, 0.717) is 6.54 Å². The molecule has 2 N–H and O–H groups in total. The summed E-state index contributed by atoms with van der Waals surface area (Å²) in [6.07, 6.45) is 0.918. The van der Waals surface area contributed by atoms with Crippen LogP contribution in [-0.2, 0) is 6.42 Å². The Morgan fingerprint density at radius 2 is 1.47 bits per heavy atom. The zero-order valence-electron chi connectivity index (χ0n) is 10.8. The van der Waals surface area contributed by atoms with E-state index >= 15 is 0 Å².